The fourth-order valence-corrected chi connectivity index (χ4v) is 4.84. The Morgan fingerprint density at radius 3 is 2.57 bits per heavy atom. The lowest BCUT2D eigenvalue weighted by Gasteiger charge is -2.22. The summed E-state index contributed by atoms with van der Waals surface area (Å²) in [5.41, 5.74) is 4.06. The van der Waals surface area contributed by atoms with E-state index in [1.165, 1.54) is 0 Å². The second kappa shape index (κ2) is 7.13. The molecule has 0 fully saturated rings. The van der Waals surface area contributed by atoms with Crippen LogP contribution in [0.1, 0.15) is 29.2 Å². The molecule has 1 aliphatic rings. The fraction of sp³-hybridized carbons (Fsp3) is 0.200. The summed E-state index contributed by atoms with van der Waals surface area (Å²) in [6, 6.07) is 14.9. The van der Waals surface area contributed by atoms with Crippen molar-refractivity contribution in [2.45, 2.75) is 19.4 Å². The highest BCUT2D eigenvalue weighted by molar-refractivity contribution is 9.10. The standard InChI is InChI=1S/C20H17BrClN3O2S/c1-12-4-3-5-14-10-16(20(22)23-19(12)14)18-11-17(24-25(18)28(2,26)27)13-6-8-15(21)9-7-13/h3-10,18H,11H2,1-2H3/t18-/m1/s1. The van der Waals surface area contributed by atoms with E-state index in [0.29, 0.717) is 22.8 Å². The first-order chi connectivity index (χ1) is 13.2. The molecule has 2 heterocycles. The lowest BCUT2D eigenvalue weighted by atomic mass is 9.98. The highest BCUT2D eigenvalue weighted by Crippen LogP contribution is 2.38. The highest BCUT2D eigenvalue weighted by atomic mass is 79.9. The Balaban J connectivity index is 1.82. The number of rotatable bonds is 3. The van der Waals surface area contributed by atoms with E-state index in [-0.39, 0.29) is 0 Å². The monoisotopic (exact) mass is 477 g/mol. The van der Waals surface area contributed by atoms with E-state index in [0.717, 1.165) is 37.2 Å². The summed E-state index contributed by atoms with van der Waals surface area (Å²) >= 11 is 9.91. The Bertz CT molecular complexity index is 1210. The number of halogens is 2. The van der Waals surface area contributed by atoms with Crippen molar-refractivity contribution < 1.29 is 8.42 Å². The molecule has 1 atom stereocenters. The van der Waals surface area contributed by atoms with Gasteiger partial charge >= 0.3 is 0 Å². The van der Waals surface area contributed by atoms with Crippen molar-refractivity contribution in [2.75, 3.05) is 6.26 Å². The van der Waals surface area contributed by atoms with Crippen LogP contribution in [0.5, 0.6) is 0 Å². The molecule has 0 radical (unpaired) electrons. The summed E-state index contributed by atoms with van der Waals surface area (Å²) < 4.78 is 26.9. The van der Waals surface area contributed by atoms with Crippen LogP contribution in [0.2, 0.25) is 5.15 Å². The van der Waals surface area contributed by atoms with Crippen LogP contribution in [0.3, 0.4) is 0 Å². The van der Waals surface area contributed by atoms with Crippen LogP contribution >= 0.6 is 27.5 Å². The minimum absolute atomic E-state index is 0.299. The second-order valence-corrected chi connectivity index (χ2v) is 9.94. The van der Waals surface area contributed by atoms with E-state index < -0.39 is 16.1 Å². The molecular weight excluding hydrogens is 462 g/mol. The van der Waals surface area contributed by atoms with Gasteiger partial charge < -0.3 is 0 Å². The van der Waals surface area contributed by atoms with Crippen LogP contribution in [-0.4, -0.2) is 29.8 Å². The molecule has 0 spiro atoms. The van der Waals surface area contributed by atoms with E-state index in [1.807, 2.05) is 55.5 Å². The van der Waals surface area contributed by atoms with Gasteiger partial charge in [-0.1, -0.05) is 57.9 Å². The summed E-state index contributed by atoms with van der Waals surface area (Å²) in [6.07, 6.45) is 1.58. The number of aromatic nitrogens is 1. The van der Waals surface area contributed by atoms with Crippen molar-refractivity contribution in [3.63, 3.8) is 0 Å². The van der Waals surface area contributed by atoms with Gasteiger partial charge in [0.1, 0.15) is 5.15 Å². The molecule has 144 valence electrons. The third-order valence-electron chi connectivity index (χ3n) is 4.78. The smallest absolute Gasteiger partial charge is 0.235 e. The Morgan fingerprint density at radius 2 is 1.89 bits per heavy atom. The topological polar surface area (TPSA) is 62.6 Å². The molecule has 5 nitrogen and oxygen atoms in total. The summed E-state index contributed by atoms with van der Waals surface area (Å²) in [6.45, 7) is 1.97. The maximum Gasteiger partial charge on any atom is 0.247 e. The Kier molecular flexibility index (Phi) is 4.93. The summed E-state index contributed by atoms with van der Waals surface area (Å²) in [5.74, 6) is 0. The molecule has 0 unspecified atom stereocenters. The molecule has 0 aliphatic carbocycles. The zero-order valence-electron chi connectivity index (χ0n) is 15.2. The number of para-hydroxylation sites is 1. The molecule has 3 aromatic rings. The first-order valence-electron chi connectivity index (χ1n) is 8.62. The quantitative estimate of drug-likeness (QED) is 0.494. The molecule has 8 heteroatoms. The van der Waals surface area contributed by atoms with Gasteiger partial charge in [-0.25, -0.2) is 13.4 Å². The number of benzene rings is 2. The predicted molar refractivity (Wildman–Crippen MR) is 116 cm³/mol. The number of sulfonamides is 1. The SMILES string of the molecule is Cc1cccc2cc([C@H]3CC(c4ccc(Br)cc4)=NN3S(C)(=O)=O)c(Cl)nc12. The van der Waals surface area contributed by atoms with Gasteiger partial charge in [-0.3, -0.25) is 0 Å². The van der Waals surface area contributed by atoms with Crippen molar-refractivity contribution in [1.82, 2.24) is 9.40 Å². The minimum Gasteiger partial charge on any atom is -0.235 e. The maximum absolute atomic E-state index is 12.4. The van der Waals surface area contributed by atoms with E-state index in [9.17, 15) is 8.42 Å². The molecule has 28 heavy (non-hydrogen) atoms. The molecule has 0 bridgehead atoms. The molecule has 2 aromatic carbocycles. The Morgan fingerprint density at radius 1 is 1.18 bits per heavy atom. The van der Waals surface area contributed by atoms with Gasteiger partial charge in [0.25, 0.3) is 0 Å². The fourth-order valence-electron chi connectivity index (χ4n) is 3.42. The number of aryl methyl sites for hydroxylation is 1. The van der Waals surface area contributed by atoms with Gasteiger partial charge in [0.05, 0.1) is 23.5 Å². The molecular formula is C20H17BrClN3O2S. The zero-order chi connectivity index (χ0) is 20.1. The van der Waals surface area contributed by atoms with Crippen molar-refractivity contribution in [3.8, 4) is 0 Å². The molecule has 4 rings (SSSR count). The highest BCUT2D eigenvalue weighted by Gasteiger charge is 2.36. The first-order valence-corrected chi connectivity index (χ1v) is 11.6. The normalized spacial score (nSPS) is 17.2. The van der Waals surface area contributed by atoms with Crippen molar-refractivity contribution in [3.05, 3.63) is 74.8 Å². The number of hydrazone groups is 1. The number of pyridine rings is 1. The Labute approximate surface area is 177 Å². The van der Waals surface area contributed by atoms with Crippen LogP contribution in [-0.2, 0) is 10.0 Å². The lowest BCUT2D eigenvalue weighted by Crippen LogP contribution is -2.26. The number of nitrogens with zero attached hydrogens (tertiary/aromatic N) is 3. The van der Waals surface area contributed by atoms with Crippen LogP contribution in [0.15, 0.2) is 58.1 Å². The predicted octanol–water partition coefficient (Wildman–Crippen LogP) is 5.07. The summed E-state index contributed by atoms with van der Waals surface area (Å²) in [4.78, 5) is 4.53. The number of hydrogen-bond donors (Lipinski definition) is 0. The number of fused-ring (bicyclic) bond motifs is 1. The number of hydrogen-bond acceptors (Lipinski definition) is 4. The second-order valence-electron chi connectivity index (χ2n) is 6.82. The molecule has 0 N–H and O–H groups in total. The summed E-state index contributed by atoms with van der Waals surface area (Å²) in [7, 11) is -3.58. The zero-order valence-corrected chi connectivity index (χ0v) is 18.4. The van der Waals surface area contributed by atoms with Crippen LogP contribution in [0.4, 0.5) is 0 Å². The van der Waals surface area contributed by atoms with E-state index >= 15 is 0 Å². The van der Waals surface area contributed by atoms with Crippen LogP contribution in [0, 0.1) is 6.92 Å². The average Bonchev–Trinajstić information content (AvgIpc) is 3.08. The van der Waals surface area contributed by atoms with Gasteiger partial charge in [0, 0.05) is 21.8 Å². The molecule has 1 aromatic heterocycles. The van der Waals surface area contributed by atoms with Gasteiger partial charge in [0.15, 0.2) is 0 Å². The summed E-state index contributed by atoms with van der Waals surface area (Å²) in [5, 5.41) is 5.64. The molecule has 0 saturated carbocycles. The van der Waals surface area contributed by atoms with Gasteiger partial charge in [0.2, 0.25) is 10.0 Å². The van der Waals surface area contributed by atoms with Crippen molar-refractivity contribution in [2.24, 2.45) is 5.10 Å². The van der Waals surface area contributed by atoms with Crippen molar-refractivity contribution in [1.29, 1.82) is 0 Å². The maximum atomic E-state index is 12.4. The largest absolute Gasteiger partial charge is 0.247 e. The molecule has 1 aliphatic heterocycles. The van der Waals surface area contributed by atoms with E-state index in [2.05, 4.69) is 26.0 Å². The Hall–Kier alpha value is -1.96. The van der Waals surface area contributed by atoms with E-state index in [1.54, 1.807) is 0 Å². The van der Waals surface area contributed by atoms with E-state index in [4.69, 9.17) is 11.6 Å². The molecule has 0 amide bonds. The van der Waals surface area contributed by atoms with Crippen LogP contribution in [0.25, 0.3) is 10.9 Å². The van der Waals surface area contributed by atoms with Crippen molar-refractivity contribution >= 4 is 54.2 Å². The third kappa shape index (κ3) is 3.54. The van der Waals surface area contributed by atoms with Gasteiger partial charge in [-0.15, -0.1) is 0 Å². The van der Waals surface area contributed by atoms with Gasteiger partial charge in [-0.05, 0) is 36.2 Å². The first kappa shape index (κ1) is 19.4. The third-order valence-corrected chi connectivity index (χ3v) is 6.62. The molecule has 0 saturated heterocycles. The average molecular weight is 479 g/mol. The lowest BCUT2D eigenvalue weighted by molar-refractivity contribution is 0.374. The van der Waals surface area contributed by atoms with Crippen LogP contribution < -0.4 is 0 Å². The minimum atomic E-state index is -3.58. The van der Waals surface area contributed by atoms with Gasteiger partial charge in [-0.2, -0.15) is 9.52 Å².